The van der Waals surface area contributed by atoms with Crippen molar-refractivity contribution < 1.29 is 4.39 Å². The second kappa shape index (κ2) is 5.70. The number of piperidine rings is 1. The number of nitrogens with one attached hydrogen (secondary N) is 2. The summed E-state index contributed by atoms with van der Waals surface area (Å²) in [5.74, 6) is -0.0271. The molecule has 0 spiro atoms. The van der Waals surface area contributed by atoms with Gasteiger partial charge in [-0.05, 0) is 44.1 Å². The second-order valence-corrected chi connectivity index (χ2v) is 5.50. The van der Waals surface area contributed by atoms with Crippen molar-refractivity contribution in [2.75, 3.05) is 13.1 Å². The Balaban J connectivity index is 0.00000144. The van der Waals surface area contributed by atoms with Gasteiger partial charge >= 0.3 is 0 Å². The molecular formula is C15H16ClFN4O. The lowest BCUT2D eigenvalue weighted by Crippen LogP contribution is -2.28. The van der Waals surface area contributed by atoms with E-state index in [0.717, 1.165) is 31.6 Å². The van der Waals surface area contributed by atoms with Gasteiger partial charge in [-0.1, -0.05) is 0 Å². The summed E-state index contributed by atoms with van der Waals surface area (Å²) in [6.07, 6.45) is 1.95. The first-order valence-electron chi connectivity index (χ1n) is 7.14. The Morgan fingerprint density at radius 2 is 2.00 bits per heavy atom. The molecule has 4 rings (SSSR count). The number of hydrogen-bond acceptors (Lipinski definition) is 3. The fourth-order valence-electron chi connectivity index (χ4n) is 3.12. The zero-order valence-corrected chi connectivity index (χ0v) is 12.6. The monoisotopic (exact) mass is 322 g/mol. The van der Waals surface area contributed by atoms with Gasteiger partial charge in [0.25, 0.3) is 5.56 Å². The molecular weight excluding hydrogens is 307 g/mol. The minimum Gasteiger partial charge on any atom is -0.317 e. The first-order valence-corrected chi connectivity index (χ1v) is 7.14. The van der Waals surface area contributed by atoms with Crippen molar-refractivity contribution in [2.45, 2.75) is 18.8 Å². The van der Waals surface area contributed by atoms with Crippen LogP contribution in [-0.4, -0.2) is 27.7 Å². The Morgan fingerprint density at radius 1 is 1.23 bits per heavy atom. The maximum absolute atomic E-state index is 13.5. The number of benzene rings is 1. The first-order chi connectivity index (χ1) is 10.2. The average Bonchev–Trinajstić information content (AvgIpc) is 2.85. The Kier molecular flexibility index (Phi) is 3.88. The molecule has 5 nitrogen and oxygen atoms in total. The van der Waals surface area contributed by atoms with Gasteiger partial charge in [-0.3, -0.25) is 4.79 Å². The van der Waals surface area contributed by atoms with Crippen LogP contribution in [-0.2, 0) is 0 Å². The molecule has 1 aromatic carbocycles. The van der Waals surface area contributed by atoms with Crippen molar-refractivity contribution in [1.29, 1.82) is 0 Å². The maximum Gasteiger partial charge on any atom is 0.251 e. The van der Waals surface area contributed by atoms with E-state index in [-0.39, 0.29) is 23.8 Å². The zero-order chi connectivity index (χ0) is 14.4. The van der Waals surface area contributed by atoms with Crippen LogP contribution in [0.15, 0.2) is 29.1 Å². The van der Waals surface area contributed by atoms with Crippen LogP contribution in [0.25, 0.3) is 16.6 Å². The van der Waals surface area contributed by atoms with E-state index in [0.29, 0.717) is 22.5 Å². The van der Waals surface area contributed by atoms with E-state index in [1.54, 1.807) is 16.6 Å². The Morgan fingerprint density at radius 3 is 2.77 bits per heavy atom. The lowest BCUT2D eigenvalue weighted by molar-refractivity contribution is 0.446. The van der Waals surface area contributed by atoms with Gasteiger partial charge in [0.15, 0.2) is 0 Å². The van der Waals surface area contributed by atoms with Crippen LogP contribution in [0.2, 0.25) is 0 Å². The van der Waals surface area contributed by atoms with Gasteiger partial charge in [0, 0.05) is 17.4 Å². The van der Waals surface area contributed by atoms with Gasteiger partial charge in [0.1, 0.15) is 11.5 Å². The van der Waals surface area contributed by atoms with Crippen LogP contribution < -0.4 is 10.9 Å². The fourth-order valence-corrected chi connectivity index (χ4v) is 3.12. The summed E-state index contributed by atoms with van der Waals surface area (Å²) < 4.78 is 15.2. The van der Waals surface area contributed by atoms with E-state index in [4.69, 9.17) is 0 Å². The molecule has 3 aromatic rings. The molecule has 0 unspecified atom stereocenters. The number of fused-ring (bicyclic) bond motifs is 3. The third-order valence-electron chi connectivity index (χ3n) is 4.16. The van der Waals surface area contributed by atoms with Gasteiger partial charge in [-0.25, -0.2) is 8.91 Å². The summed E-state index contributed by atoms with van der Waals surface area (Å²) in [4.78, 5) is 14.7. The fraction of sp³-hybridized carbons (Fsp3) is 0.333. The van der Waals surface area contributed by atoms with E-state index in [2.05, 4.69) is 15.4 Å². The summed E-state index contributed by atoms with van der Waals surface area (Å²) in [6.45, 7) is 1.88. The summed E-state index contributed by atoms with van der Waals surface area (Å²) in [5.41, 5.74) is 2.01. The highest BCUT2D eigenvalue weighted by Gasteiger charge is 2.20. The smallest absolute Gasteiger partial charge is 0.251 e. The standard InChI is InChI=1S/C15H15FN4O.ClH/c16-10-1-2-12-11(7-10)15-18-14(21)8-13(20(15)19-12)9-3-5-17-6-4-9;/h1-2,7-9,17H,3-6H2,(H,18,21);1H. The third-order valence-corrected chi connectivity index (χ3v) is 4.16. The molecule has 1 saturated heterocycles. The highest BCUT2D eigenvalue weighted by atomic mass is 35.5. The van der Waals surface area contributed by atoms with Crippen molar-refractivity contribution in [3.63, 3.8) is 0 Å². The molecule has 0 saturated carbocycles. The summed E-state index contributed by atoms with van der Waals surface area (Å²) in [6, 6.07) is 6.06. The Bertz CT molecular complexity index is 882. The van der Waals surface area contributed by atoms with Gasteiger partial charge in [0.05, 0.1) is 11.2 Å². The molecule has 2 aromatic heterocycles. The Labute approximate surface area is 131 Å². The van der Waals surface area contributed by atoms with Crippen molar-refractivity contribution in [1.82, 2.24) is 19.9 Å². The number of halogens is 2. The highest BCUT2D eigenvalue weighted by Crippen LogP contribution is 2.27. The predicted octanol–water partition coefficient (Wildman–Crippen LogP) is 2.20. The minimum atomic E-state index is -0.328. The first kappa shape index (κ1) is 15.0. The van der Waals surface area contributed by atoms with E-state index in [1.807, 2.05) is 0 Å². The van der Waals surface area contributed by atoms with E-state index in [9.17, 15) is 9.18 Å². The normalized spacial score (nSPS) is 16.0. The molecule has 1 aliphatic heterocycles. The molecule has 3 heterocycles. The van der Waals surface area contributed by atoms with E-state index >= 15 is 0 Å². The third kappa shape index (κ3) is 2.38. The molecule has 1 aliphatic rings. The topological polar surface area (TPSA) is 62.2 Å². The zero-order valence-electron chi connectivity index (χ0n) is 11.8. The molecule has 1 fully saturated rings. The number of aromatic amines is 1. The van der Waals surface area contributed by atoms with Crippen LogP contribution >= 0.6 is 12.4 Å². The van der Waals surface area contributed by atoms with Crippen LogP contribution in [0.4, 0.5) is 4.39 Å². The number of aromatic nitrogens is 3. The molecule has 116 valence electrons. The van der Waals surface area contributed by atoms with E-state index < -0.39 is 0 Å². The largest absolute Gasteiger partial charge is 0.317 e. The molecule has 0 bridgehead atoms. The molecule has 0 atom stereocenters. The van der Waals surface area contributed by atoms with Crippen molar-refractivity contribution in [3.05, 3.63) is 46.1 Å². The average molecular weight is 323 g/mol. The number of nitrogens with zero attached hydrogens (tertiary/aromatic N) is 2. The Hall–Kier alpha value is -1.92. The predicted molar refractivity (Wildman–Crippen MR) is 85.4 cm³/mol. The van der Waals surface area contributed by atoms with Crippen molar-refractivity contribution >= 4 is 29.0 Å². The number of hydrogen-bond donors (Lipinski definition) is 2. The van der Waals surface area contributed by atoms with Crippen LogP contribution in [0.5, 0.6) is 0 Å². The summed E-state index contributed by atoms with van der Waals surface area (Å²) in [7, 11) is 0. The lowest BCUT2D eigenvalue weighted by atomic mass is 9.94. The SMILES string of the molecule is Cl.O=c1cc(C2CCNCC2)n2nc3ccc(F)cc3c2[nH]1. The van der Waals surface area contributed by atoms with Crippen molar-refractivity contribution in [2.24, 2.45) is 0 Å². The molecule has 2 N–H and O–H groups in total. The van der Waals surface area contributed by atoms with Crippen molar-refractivity contribution in [3.8, 4) is 0 Å². The van der Waals surface area contributed by atoms with Crippen LogP contribution in [0.3, 0.4) is 0 Å². The van der Waals surface area contributed by atoms with Gasteiger partial charge < -0.3 is 10.3 Å². The highest BCUT2D eigenvalue weighted by molar-refractivity contribution is 5.92. The number of H-pyrrole nitrogens is 1. The van der Waals surface area contributed by atoms with Gasteiger partial charge in [-0.15, -0.1) is 12.4 Å². The maximum atomic E-state index is 13.5. The minimum absolute atomic E-state index is 0. The number of rotatable bonds is 1. The van der Waals surface area contributed by atoms with Gasteiger partial charge in [0.2, 0.25) is 0 Å². The lowest BCUT2D eigenvalue weighted by Gasteiger charge is -2.23. The van der Waals surface area contributed by atoms with Crippen LogP contribution in [0, 0.1) is 5.82 Å². The molecule has 22 heavy (non-hydrogen) atoms. The molecule has 7 heteroatoms. The van der Waals surface area contributed by atoms with Gasteiger partial charge in [-0.2, -0.15) is 5.10 Å². The quantitative estimate of drug-likeness (QED) is 0.722. The summed E-state index contributed by atoms with van der Waals surface area (Å²) >= 11 is 0. The molecule has 0 aliphatic carbocycles. The summed E-state index contributed by atoms with van der Waals surface area (Å²) in [5, 5.41) is 8.49. The van der Waals surface area contributed by atoms with E-state index in [1.165, 1.54) is 12.1 Å². The molecule has 0 amide bonds. The van der Waals surface area contributed by atoms with Crippen LogP contribution in [0.1, 0.15) is 24.5 Å². The second-order valence-electron chi connectivity index (χ2n) is 5.50. The molecule has 0 radical (unpaired) electrons.